The molecule has 96 valence electrons. The summed E-state index contributed by atoms with van der Waals surface area (Å²) in [6.07, 6.45) is 1.68. The average Bonchev–Trinajstić information content (AvgIpc) is 2.59. The Labute approximate surface area is 103 Å². The molecule has 0 aliphatic carbocycles. The van der Waals surface area contributed by atoms with Gasteiger partial charge in [0.05, 0.1) is 0 Å². The molecule has 0 aliphatic rings. The van der Waals surface area contributed by atoms with E-state index in [2.05, 4.69) is 46.6 Å². The van der Waals surface area contributed by atoms with E-state index in [1.54, 1.807) is 6.33 Å². The van der Waals surface area contributed by atoms with E-state index in [-0.39, 0.29) is 5.54 Å². The Morgan fingerprint density at radius 2 is 2.18 bits per heavy atom. The molecule has 0 unspecified atom stereocenters. The van der Waals surface area contributed by atoms with Gasteiger partial charge in [-0.3, -0.25) is 0 Å². The molecule has 6 nitrogen and oxygen atoms in total. The number of guanidine groups is 1. The maximum absolute atomic E-state index is 4.47. The summed E-state index contributed by atoms with van der Waals surface area (Å²) in [5.74, 6) is 1.64. The van der Waals surface area contributed by atoms with Crippen molar-refractivity contribution in [3.63, 3.8) is 0 Å². The Morgan fingerprint density at radius 3 is 2.65 bits per heavy atom. The first kappa shape index (κ1) is 13.5. The fourth-order valence-electron chi connectivity index (χ4n) is 1.26. The highest BCUT2D eigenvalue weighted by Crippen LogP contribution is 1.99. The van der Waals surface area contributed by atoms with E-state index in [0.717, 1.165) is 18.3 Å². The first-order valence-corrected chi connectivity index (χ1v) is 5.81. The van der Waals surface area contributed by atoms with Gasteiger partial charge >= 0.3 is 0 Å². The summed E-state index contributed by atoms with van der Waals surface area (Å²) in [4.78, 5) is 4.47. The van der Waals surface area contributed by atoms with Gasteiger partial charge in [-0.25, -0.2) is 4.99 Å². The minimum absolute atomic E-state index is 0.0130. The second kappa shape index (κ2) is 5.65. The van der Waals surface area contributed by atoms with E-state index < -0.39 is 0 Å². The molecule has 0 aliphatic heterocycles. The highest BCUT2D eigenvalue weighted by molar-refractivity contribution is 5.80. The first-order chi connectivity index (χ1) is 7.92. The van der Waals surface area contributed by atoms with Crippen molar-refractivity contribution in [3.8, 4) is 0 Å². The number of hydrogen-bond donors (Lipinski definition) is 2. The highest BCUT2D eigenvalue weighted by Gasteiger charge is 2.11. The van der Waals surface area contributed by atoms with Crippen molar-refractivity contribution in [3.05, 3.63) is 12.2 Å². The Kier molecular flexibility index (Phi) is 4.48. The highest BCUT2D eigenvalue weighted by atomic mass is 15.3. The molecule has 1 aromatic heterocycles. The summed E-state index contributed by atoms with van der Waals surface area (Å²) in [5, 5.41) is 14.3. The third-order valence-corrected chi connectivity index (χ3v) is 2.02. The van der Waals surface area contributed by atoms with Gasteiger partial charge in [-0.15, -0.1) is 10.2 Å². The molecule has 0 saturated heterocycles. The summed E-state index contributed by atoms with van der Waals surface area (Å²) in [6.45, 7) is 9.69. The van der Waals surface area contributed by atoms with E-state index in [4.69, 9.17) is 0 Å². The lowest BCUT2D eigenvalue weighted by molar-refractivity contribution is 0.501. The molecule has 0 amide bonds. The molecule has 17 heavy (non-hydrogen) atoms. The lowest BCUT2D eigenvalue weighted by Gasteiger charge is -2.23. The zero-order chi connectivity index (χ0) is 12.9. The summed E-state index contributed by atoms with van der Waals surface area (Å²) in [6, 6.07) is 0. The number of aryl methyl sites for hydroxylation is 1. The lowest BCUT2D eigenvalue weighted by atomic mass is 10.1. The summed E-state index contributed by atoms with van der Waals surface area (Å²) < 4.78 is 1.87. The first-order valence-electron chi connectivity index (χ1n) is 5.81. The van der Waals surface area contributed by atoms with Crippen molar-refractivity contribution in [1.29, 1.82) is 0 Å². The van der Waals surface area contributed by atoms with Crippen molar-refractivity contribution < 1.29 is 0 Å². The molecule has 1 heterocycles. The van der Waals surface area contributed by atoms with Gasteiger partial charge in [-0.2, -0.15) is 0 Å². The lowest BCUT2D eigenvalue weighted by Crippen LogP contribution is -2.47. The van der Waals surface area contributed by atoms with Crippen LogP contribution < -0.4 is 10.6 Å². The maximum Gasteiger partial charge on any atom is 0.192 e. The quantitative estimate of drug-likeness (QED) is 0.600. The Bertz CT molecular complexity index is 374. The van der Waals surface area contributed by atoms with E-state index >= 15 is 0 Å². The minimum Gasteiger partial charge on any atom is -0.357 e. The molecule has 0 spiro atoms. The molecule has 2 N–H and O–H groups in total. The van der Waals surface area contributed by atoms with Crippen LogP contribution in [0.5, 0.6) is 0 Å². The fraction of sp³-hybridized carbons (Fsp3) is 0.727. The number of hydrogen-bond acceptors (Lipinski definition) is 3. The number of aliphatic imine (C=N–C) groups is 1. The number of nitrogens with one attached hydrogen (secondary N) is 2. The van der Waals surface area contributed by atoms with Crippen molar-refractivity contribution in [2.24, 2.45) is 12.0 Å². The largest absolute Gasteiger partial charge is 0.357 e. The standard InChI is InChI=1S/C11H22N6/c1-6-12-10(15-11(2,3)4)13-7-9-16-14-8-17(9)5/h8H,6-7H2,1-5H3,(H2,12,13,15). The van der Waals surface area contributed by atoms with E-state index in [1.807, 2.05) is 18.5 Å². The Morgan fingerprint density at radius 1 is 1.47 bits per heavy atom. The van der Waals surface area contributed by atoms with Crippen LogP contribution in [0.4, 0.5) is 0 Å². The molecule has 0 aromatic carbocycles. The number of aromatic nitrogens is 3. The van der Waals surface area contributed by atoms with Crippen LogP contribution in [-0.4, -0.2) is 32.8 Å². The maximum atomic E-state index is 4.47. The predicted molar refractivity (Wildman–Crippen MR) is 68.7 cm³/mol. The van der Waals surface area contributed by atoms with Crippen molar-refractivity contribution in [2.75, 3.05) is 6.54 Å². The van der Waals surface area contributed by atoms with Crippen LogP contribution in [0.15, 0.2) is 11.3 Å². The molecular weight excluding hydrogens is 216 g/mol. The van der Waals surface area contributed by atoms with Crippen LogP contribution in [0.3, 0.4) is 0 Å². The zero-order valence-corrected chi connectivity index (χ0v) is 11.3. The molecule has 0 fully saturated rings. The van der Waals surface area contributed by atoms with Crippen LogP contribution in [0, 0.1) is 0 Å². The molecule has 0 bridgehead atoms. The van der Waals surface area contributed by atoms with E-state index in [0.29, 0.717) is 6.54 Å². The molecular formula is C11H22N6. The third kappa shape index (κ3) is 4.84. The fourth-order valence-corrected chi connectivity index (χ4v) is 1.26. The molecule has 1 aromatic rings. The van der Waals surface area contributed by atoms with Gasteiger partial charge < -0.3 is 15.2 Å². The summed E-state index contributed by atoms with van der Waals surface area (Å²) in [5.41, 5.74) is -0.0130. The van der Waals surface area contributed by atoms with Gasteiger partial charge in [-0.1, -0.05) is 0 Å². The van der Waals surface area contributed by atoms with Crippen LogP contribution in [-0.2, 0) is 13.6 Å². The van der Waals surface area contributed by atoms with Gasteiger partial charge in [0.15, 0.2) is 11.8 Å². The van der Waals surface area contributed by atoms with Gasteiger partial charge in [0.1, 0.15) is 12.9 Å². The van der Waals surface area contributed by atoms with Gasteiger partial charge in [0, 0.05) is 19.1 Å². The number of rotatable bonds is 3. The van der Waals surface area contributed by atoms with E-state index in [9.17, 15) is 0 Å². The molecule has 1 rings (SSSR count). The average molecular weight is 238 g/mol. The van der Waals surface area contributed by atoms with Crippen LogP contribution >= 0.6 is 0 Å². The zero-order valence-electron chi connectivity index (χ0n) is 11.3. The minimum atomic E-state index is -0.0130. The Balaban J connectivity index is 2.67. The normalized spacial score (nSPS) is 12.6. The topological polar surface area (TPSA) is 67.1 Å². The van der Waals surface area contributed by atoms with Gasteiger partial charge in [0.2, 0.25) is 0 Å². The summed E-state index contributed by atoms with van der Waals surface area (Å²) in [7, 11) is 1.91. The second-order valence-corrected chi connectivity index (χ2v) is 4.93. The second-order valence-electron chi connectivity index (χ2n) is 4.93. The van der Waals surface area contributed by atoms with Crippen LogP contribution in [0.1, 0.15) is 33.5 Å². The van der Waals surface area contributed by atoms with Gasteiger partial charge in [-0.05, 0) is 27.7 Å². The molecule has 0 radical (unpaired) electrons. The summed E-state index contributed by atoms with van der Waals surface area (Å²) >= 11 is 0. The van der Waals surface area contributed by atoms with E-state index in [1.165, 1.54) is 0 Å². The number of nitrogens with zero attached hydrogens (tertiary/aromatic N) is 4. The van der Waals surface area contributed by atoms with Crippen LogP contribution in [0.25, 0.3) is 0 Å². The molecule has 0 atom stereocenters. The SMILES string of the molecule is CCNC(=NCc1nncn1C)NC(C)(C)C. The van der Waals surface area contributed by atoms with Crippen molar-refractivity contribution in [1.82, 2.24) is 25.4 Å². The smallest absolute Gasteiger partial charge is 0.192 e. The molecule has 0 saturated carbocycles. The predicted octanol–water partition coefficient (Wildman–Crippen LogP) is 0.669. The van der Waals surface area contributed by atoms with Crippen LogP contribution in [0.2, 0.25) is 0 Å². The third-order valence-electron chi connectivity index (χ3n) is 2.02. The molecule has 6 heteroatoms. The van der Waals surface area contributed by atoms with Gasteiger partial charge in [0.25, 0.3) is 0 Å². The monoisotopic (exact) mass is 238 g/mol. The van der Waals surface area contributed by atoms with Crippen molar-refractivity contribution in [2.45, 2.75) is 39.8 Å². The Hall–Kier alpha value is -1.59. The van der Waals surface area contributed by atoms with Crippen molar-refractivity contribution >= 4 is 5.96 Å².